The van der Waals surface area contributed by atoms with E-state index in [1.807, 2.05) is 6.92 Å². The number of hydrogen-bond donors (Lipinski definition) is 2. The Hall–Kier alpha value is -3.17. The van der Waals surface area contributed by atoms with Crippen LogP contribution in [0.5, 0.6) is 0 Å². The third-order valence-electron chi connectivity index (χ3n) is 4.34. The number of hydrogen-bond acceptors (Lipinski definition) is 5. The highest BCUT2D eigenvalue weighted by Gasteiger charge is 2.14. The molecule has 0 bridgehead atoms. The molecular formula is C22H22N2O5S2. The van der Waals surface area contributed by atoms with Crippen LogP contribution in [0.1, 0.15) is 21.5 Å². The summed E-state index contributed by atoms with van der Waals surface area (Å²) in [7, 11) is -6.92. The predicted octanol–water partition coefficient (Wildman–Crippen LogP) is 3.59. The molecule has 2 N–H and O–H groups in total. The lowest BCUT2D eigenvalue weighted by Gasteiger charge is -2.10. The van der Waals surface area contributed by atoms with E-state index in [-0.39, 0.29) is 10.6 Å². The van der Waals surface area contributed by atoms with Gasteiger partial charge in [0, 0.05) is 23.2 Å². The molecule has 0 fully saturated rings. The molecule has 9 heteroatoms. The fraction of sp³-hybridized carbons (Fsp3) is 0.136. The molecule has 0 aliphatic heterocycles. The summed E-state index contributed by atoms with van der Waals surface area (Å²) < 4.78 is 50.4. The third kappa shape index (κ3) is 6.40. The summed E-state index contributed by atoms with van der Waals surface area (Å²) in [6.07, 6.45) is 1.13. The molecule has 3 aromatic rings. The number of carbonyl (C=O) groups is 1. The van der Waals surface area contributed by atoms with Crippen molar-refractivity contribution in [2.75, 3.05) is 16.3 Å². The molecule has 0 unspecified atom stereocenters. The molecule has 162 valence electrons. The lowest BCUT2D eigenvalue weighted by Crippen LogP contribution is -2.14. The van der Waals surface area contributed by atoms with Crippen LogP contribution in [0.15, 0.2) is 77.7 Å². The SMILES string of the molecule is Cc1ccc(S(=O)(=O)Nc2ccc(NC(=O)c3cccc(CS(C)(=O)=O)c3)cc2)cc1. The second kappa shape index (κ2) is 8.91. The zero-order chi connectivity index (χ0) is 22.6. The van der Waals surface area contributed by atoms with Crippen LogP contribution in [0.3, 0.4) is 0 Å². The van der Waals surface area contributed by atoms with Gasteiger partial charge in [-0.25, -0.2) is 16.8 Å². The zero-order valence-corrected chi connectivity index (χ0v) is 18.6. The van der Waals surface area contributed by atoms with Crippen LogP contribution in [0, 0.1) is 6.92 Å². The Morgan fingerprint density at radius 1 is 0.839 bits per heavy atom. The summed E-state index contributed by atoms with van der Waals surface area (Å²) in [5, 5.41) is 2.71. The predicted molar refractivity (Wildman–Crippen MR) is 121 cm³/mol. The summed E-state index contributed by atoms with van der Waals surface area (Å²) in [6.45, 7) is 1.87. The van der Waals surface area contributed by atoms with Crippen molar-refractivity contribution >= 4 is 37.1 Å². The number of amides is 1. The monoisotopic (exact) mass is 458 g/mol. The number of benzene rings is 3. The maximum atomic E-state index is 12.5. The van der Waals surface area contributed by atoms with E-state index in [4.69, 9.17) is 0 Å². The van der Waals surface area contributed by atoms with Crippen molar-refractivity contribution in [3.05, 3.63) is 89.5 Å². The maximum Gasteiger partial charge on any atom is 0.261 e. The summed E-state index contributed by atoms with van der Waals surface area (Å²) in [5.74, 6) is -0.549. The molecule has 0 aliphatic rings. The van der Waals surface area contributed by atoms with Crippen LogP contribution >= 0.6 is 0 Å². The Morgan fingerprint density at radius 3 is 2.06 bits per heavy atom. The van der Waals surface area contributed by atoms with Crippen molar-refractivity contribution in [3.8, 4) is 0 Å². The molecule has 0 aromatic heterocycles. The van der Waals surface area contributed by atoms with Gasteiger partial charge in [-0.2, -0.15) is 0 Å². The standard InChI is InChI=1S/C22H22N2O5S2/c1-16-6-12-21(13-7-16)31(28,29)24-20-10-8-19(9-11-20)23-22(25)18-5-3-4-17(14-18)15-30(2,26)27/h3-14,24H,15H2,1-2H3,(H,23,25). The number of anilines is 2. The van der Waals surface area contributed by atoms with Crippen LogP contribution in [-0.2, 0) is 25.6 Å². The molecule has 0 atom stereocenters. The summed E-state index contributed by atoms with van der Waals surface area (Å²) >= 11 is 0. The molecule has 0 aliphatic carbocycles. The van der Waals surface area contributed by atoms with E-state index < -0.39 is 25.8 Å². The quantitative estimate of drug-likeness (QED) is 0.562. The molecule has 7 nitrogen and oxygen atoms in total. The summed E-state index contributed by atoms with van der Waals surface area (Å²) in [5.41, 5.74) is 2.63. The highest BCUT2D eigenvalue weighted by atomic mass is 32.2. The second-order valence-corrected chi connectivity index (χ2v) is 11.0. The first kappa shape index (κ1) is 22.5. The summed E-state index contributed by atoms with van der Waals surface area (Å²) in [6, 6.07) is 19.1. The fourth-order valence-electron chi connectivity index (χ4n) is 2.86. The molecule has 0 radical (unpaired) electrons. The van der Waals surface area contributed by atoms with Crippen molar-refractivity contribution < 1.29 is 21.6 Å². The first-order valence-corrected chi connectivity index (χ1v) is 12.8. The van der Waals surface area contributed by atoms with E-state index >= 15 is 0 Å². The number of carbonyl (C=O) groups excluding carboxylic acids is 1. The Kier molecular flexibility index (Phi) is 6.47. The molecule has 3 rings (SSSR count). The molecular weight excluding hydrogens is 436 g/mol. The van der Waals surface area contributed by atoms with E-state index in [1.165, 1.54) is 18.2 Å². The van der Waals surface area contributed by atoms with Crippen molar-refractivity contribution in [1.29, 1.82) is 0 Å². The van der Waals surface area contributed by atoms with Gasteiger partial charge in [-0.3, -0.25) is 9.52 Å². The van der Waals surface area contributed by atoms with Gasteiger partial charge in [-0.15, -0.1) is 0 Å². The molecule has 0 heterocycles. The van der Waals surface area contributed by atoms with Crippen molar-refractivity contribution in [1.82, 2.24) is 0 Å². The van der Waals surface area contributed by atoms with Crippen LogP contribution in [0.2, 0.25) is 0 Å². The van der Waals surface area contributed by atoms with E-state index in [0.717, 1.165) is 11.8 Å². The van der Waals surface area contributed by atoms with Gasteiger partial charge in [0.1, 0.15) is 0 Å². The van der Waals surface area contributed by atoms with Gasteiger partial charge in [-0.1, -0.05) is 29.8 Å². The Balaban J connectivity index is 1.69. The lowest BCUT2D eigenvalue weighted by molar-refractivity contribution is 0.102. The van der Waals surface area contributed by atoms with Gasteiger partial charge < -0.3 is 5.32 Å². The van der Waals surface area contributed by atoms with Crippen LogP contribution in [0.25, 0.3) is 0 Å². The second-order valence-electron chi connectivity index (χ2n) is 7.22. The third-order valence-corrected chi connectivity index (χ3v) is 6.60. The minimum absolute atomic E-state index is 0.149. The number of sulfone groups is 1. The first-order chi connectivity index (χ1) is 14.5. The topological polar surface area (TPSA) is 109 Å². The van der Waals surface area contributed by atoms with E-state index in [2.05, 4.69) is 10.0 Å². The molecule has 0 spiro atoms. The average Bonchev–Trinajstić information content (AvgIpc) is 2.68. The Labute approximate surface area is 182 Å². The zero-order valence-electron chi connectivity index (χ0n) is 17.0. The summed E-state index contributed by atoms with van der Waals surface area (Å²) in [4.78, 5) is 12.6. The van der Waals surface area contributed by atoms with Gasteiger partial charge in [0.15, 0.2) is 9.84 Å². The van der Waals surface area contributed by atoms with Crippen molar-refractivity contribution in [3.63, 3.8) is 0 Å². The normalized spacial score (nSPS) is 11.7. The number of nitrogens with one attached hydrogen (secondary N) is 2. The van der Waals surface area contributed by atoms with E-state index in [0.29, 0.717) is 22.5 Å². The minimum Gasteiger partial charge on any atom is -0.322 e. The van der Waals surface area contributed by atoms with Gasteiger partial charge in [0.25, 0.3) is 15.9 Å². The fourth-order valence-corrected chi connectivity index (χ4v) is 4.71. The maximum absolute atomic E-state index is 12.5. The molecule has 0 saturated carbocycles. The van der Waals surface area contributed by atoms with Crippen LogP contribution in [-0.4, -0.2) is 29.0 Å². The number of sulfonamides is 1. The molecule has 0 saturated heterocycles. The molecule has 3 aromatic carbocycles. The first-order valence-electron chi connectivity index (χ1n) is 9.29. The molecule has 1 amide bonds. The Morgan fingerprint density at radius 2 is 1.45 bits per heavy atom. The van der Waals surface area contributed by atoms with E-state index in [9.17, 15) is 21.6 Å². The van der Waals surface area contributed by atoms with Gasteiger partial charge in [0.05, 0.1) is 10.6 Å². The van der Waals surface area contributed by atoms with E-state index in [1.54, 1.807) is 54.6 Å². The minimum atomic E-state index is -3.72. The Bertz CT molecular complexity index is 1300. The highest BCUT2D eigenvalue weighted by Crippen LogP contribution is 2.19. The number of rotatable bonds is 7. The highest BCUT2D eigenvalue weighted by molar-refractivity contribution is 7.92. The lowest BCUT2D eigenvalue weighted by atomic mass is 10.1. The van der Waals surface area contributed by atoms with Gasteiger partial charge in [0.2, 0.25) is 0 Å². The smallest absolute Gasteiger partial charge is 0.261 e. The largest absolute Gasteiger partial charge is 0.322 e. The number of aryl methyl sites for hydroxylation is 1. The van der Waals surface area contributed by atoms with Crippen LogP contribution in [0.4, 0.5) is 11.4 Å². The average molecular weight is 459 g/mol. The van der Waals surface area contributed by atoms with Gasteiger partial charge >= 0.3 is 0 Å². The van der Waals surface area contributed by atoms with Gasteiger partial charge in [-0.05, 0) is 61.0 Å². The van der Waals surface area contributed by atoms with Crippen LogP contribution < -0.4 is 10.0 Å². The van der Waals surface area contributed by atoms with Crippen molar-refractivity contribution in [2.24, 2.45) is 0 Å². The van der Waals surface area contributed by atoms with Crippen molar-refractivity contribution in [2.45, 2.75) is 17.6 Å². The molecule has 31 heavy (non-hydrogen) atoms.